The maximum atomic E-state index is 11.4. The van der Waals surface area contributed by atoms with Gasteiger partial charge in [-0.2, -0.15) is 0 Å². The Hall–Kier alpha value is -1.02. The van der Waals surface area contributed by atoms with Gasteiger partial charge in [-0.05, 0) is 32.0 Å². The Morgan fingerprint density at radius 2 is 2.08 bits per heavy atom. The van der Waals surface area contributed by atoms with Gasteiger partial charge in [-0.25, -0.2) is 0 Å². The third-order valence-corrected chi connectivity index (χ3v) is 2.56. The largest absolute Gasteiger partial charge is 0.426 e. The summed E-state index contributed by atoms with van der Waals surface area (Å²) >= 11 is 5.83. The van der Waals surface area contributed by atoms with Crippen molar-refractivity contribution >= 4 is 17.6 Å². The van der Waals surface area contributed by atoms with E-state index in [0.29, 0.717) is 10.8 Å². The van der Waals surface area contributed by atoms with Gasteiger partial charge in [0.15, 0.2) is 0 Å². The fraction of sp³-hybridized carbons (Fsp3) is 0.300. The summed E-state index contributed by atoms with van der Waals surface area (Å²) in [7, 11) is 0. The lowest BCUT2D eigenvalue weighted by Gasteiger charge is -2.12. The van der Waals surface area contributed by atoms with Crippen molar-refractivity contribution in [1.82, 2.24) is 0 Å². The van der Waals surface area contributed by atoms with Crippen molar-refractivity contribution in [3.8, 4) is 5.75 Å². The van der Waals surface area contributed by atoms with E-state index in [0.717, 1.165) is 5.56 Å². The second-order valence-electron chi connectivity index (χ2n) is 3.66. The third-order valence-electron chi connectivity index (χ3n) is 2.33. The van der Waals surface area contributed by atoms with E-state index in [2.05, 4.69) is 0 Å². The maximum absolute atomic E-state index is 11.4. The number of hydrogen-bond donors (Lipinski definition) is 0. The van der Waals surface area contributed by atoms with Gasteiger partial charge in [-0.3, -0.25) is 4.79 Å². The smallest absolute Gasteiger partial charge is 0.321 e. The van der Waals surface area contributed by atoms with Crippen LogP contribution in [0.1, 0.15) is 19.4 Å². The van der Waals surface area contributed by atoms with E-state index in [4.69, 9.17) is 16.3 Å². The fourth-order valence-corrected chi connectivity index (χ4v) is 1.59. The highest BCUT2D eigenvalue weighted by molar-refractivity contribution is 6.30. The molecule has 0 aliphatic carbocycles. The van der Waals surface area contributed by atoms with E-state index >= 15 is 0 Å². The minimum atomic E-state index is -0.569. The second kappa shape index (κ2) is 2.48. The van der Waals surface area contributed by atoms with Crippen molar-refractivity contribution in [2.45, 2.75) is 19.3 Å². The van der Waals surface area contributed by atoms with Crippen LogP contribution in [0.2, 0.25) is 5.02 Å². The zero-order valence-electron chi connectivity index (χ0n) is 7.43. The van der Waals surface area contributed by atoms with Gasteiger partial charge < -0.3 is 4.74 Å². The lowest BCUT2D eigenvalue weighted by Crippen LogP contribution is -2.25. The monoisotopic (exact) mass is 196 g/mol. The van der Waals surface area contributed by atoms with Crippen LogP contribution in [-0.4, -0.2) is 5.97 Å². The highest BCUT2D eigenvalue weighted by Gasteiger charge is 2.40. The van der Waals surface area contributed by atoms with E-state index in [9.17, 15) is 4.79 Å². The highest BCUT2D eigenvalue weighted by Crippen LogP contribution is 2.40. The van der Waals surface area contributed by atoms with Crippen LogP contribution in [0.5, 0.6) is 5.75 Å². The van der Waals surface area contributed by atoms with Gasteiger partial charge >= 0.3 is 5.97 Å². The molecule has 2 rings (SSSR count). The quantitative estimate of drug-likeness (QED) is 0.471. The minimum absolute atomic E-state index is 0.218. The molecule has 0 spiro atoms. The molecular weight excluding hydrogens is 188 g/mol. The Bertz CT molecular complexity index is 383. The number of hydrogen-bond acceptors (Lipinski definition) is 2. The van der Waals surface area contributed by atoms with Gasteiger partial charge in [0.25, 0.3) is 0 Å². The number of halogens is 1. The van der Waals surface area contributed by atoms with E-state index in [1.807, 2.05) is 13.8 Å². The number of carbonyl (C=O) groups excluding carboxylic acids is 1. The molecule has 0 unspecified atom stereocenters. The topological polar surface area (TPSA) is 26.3 Å². The summed E-state index contributed by atoms with van der Waals surface area (Å²) in [4.78, 5) is 11.4. The van der Waals surface area contributed by atoms with Gasteiger partial charge in [0.1, 0.15) is 5.75 Å². The van der Waals surface area contributed by atoms with E-state index < -0.39 is 5.41 Å². The molecule has 1 aliphatic heterocycles. The van der Waals surface area contributed by atoms with E-state index in [1.54, 1.807) is 18.2 Å². The predicted octanol–water partition coefficient (Wildman–Crippen LogP) is 2.54. The van der Waals surface area contributed by atoms with Crippen molar-refractivity contribution in [1.29, 1.82) is 0 Å². The molecule has 0 radical (unpaired) electrons. The molecule has 0 aromatic heterocycles. The van der Waals surface area contributed by atoms with Crippen LogP contribution in [0, 0.1) is 0 Å². The molecule has 1 heterocycles. The van der Waals surface area contributed by atoms with Crippen molar-refractivity contribution < 1.29 is 9.53 Å². The number of esters is 1. The zero-order chi connectivity index (χ0) is 9.64. The average molecular weight is 197 g/mol. The Morgan fingerprint density at radius 3 is 2.77 bits per heavy atom. The number of ether oxygens (including phenoxy) is 1. The summed E-state index contributed by atoms with van der Waals surface area (Å²) < 4.78 is 5.08. The molecule has 68 valence electrons. The van der Waals surface area contributed by atoms with Crippen molar-refractivity contribution in [2.24, 2.45) is 0 Å². The Kier molecular flexibility index (Phi) is 1.64. The predicted molar refractivity (Wildman–Crippen MR) is 50.1 cm³/mol. The van der Waals surface area contributed by atoms with Crippen LogP contribution in [-0.2, 0) is 10.2 Å². The molecule has 0 N–H and O–H groups in total. The molecule has 1 aromatic rings. The third kappa shape index (κ3) is 1.13. The maximum Gasteiger partial charge on any atom is 0.321 e. The van der Waals surface area contributed by atoms with Gasteiger partial charge in [-0.15, -0.1) is 0 Å². The molecule has 0 saturated heterocycles. The van der Waals surface area contributed by atoms with Crippen LogP contribution in [0.25, 0.3) is 0 Å². The number of rotatable bonds is 0. The number of fused-ring (bicyclic) bond motifs is 1. The van der Waals surface area contributed by atoms with E-state index in [-0.39, 0.29) is 5.97 Å². The van der Waals surface area contributed by atoms with Gasteiger partial charge in [0.2, 0.25) is 0 Å². The lowest BCUT2D eigenvalue weighted by molar-refractivity contribution is -0.137. The number of benzene rings is 1. The first kappa shape index (κ1) is 8.57. The summed E-state index contributed by atoms with van der Waals surface area (Å²) in [5.41, 5.74) is 0.297. The van der Waals surface area contributed by atoms with Crippen LogP contribution in [0.4, 0.5) is 0 Å². The zero-order valence-corrected chi connectivity index (χ0v) is 8.18. The van der Waals surface area contributed by atoms with Crippen molar-refractivity contribution in [3.63, 3.8) is 0 Å². The summed E-state index contributed by atoms with van der Waals surface area (Å²) in [6.07, 6.45) is 0. The Balaban J connectivity index is 2.64. The summed E-state index contributed by atoms with van der Waals surface area (Å²) in [5, 5.41) is 0.630. The molecular formula is C10H9ClO2. The second-order valence-corrected chi connectivity index (χ2v) is 4.09. The Morgan fingerprint density at radius 1 is 1.38 bits per heavy atom. The molecule has 2 nitrogen and oxygen atoms in total. The van der Waals surface area contributed by atoms with Crippen LogP contribution in [0.3, 0.4) is 0 Å². The normalized spacial score (nSPS) is 18.2. The highest BCUT2D eigenvalue weighted by atomic mass is 35.5. The molecule has 0 saturated carbocycles. The van der Waals surface area contributed by atoms with Crippen LogP contribution < -0.4 is 4.74 Å². The average Bonchev–Trinajstić information content (AvgIpc) is 2.27. The lowest BCUT2D eigenvalue weighted by atomic mass is 9.86. The Labute approximate surface area is 81.5 Å². The van der Waals surface area contributed by atoms with Crippen LogP contribution in [0.15, 0.2) is 18.2 Å². The molecule has 0 atom stereocenters. The molecule has 0 bridgehead atoms. The summed E-state index contributed by atoms with van der Waals surface area (Å²) in [6.45, 7) is 3.66. The van der Waals surface area contributed by atoms with Gasteiger partial charge in [-0.1, -0.05) is 11.6 Å². The van der Waals surface area contributed by atoms with E-state index in [1.165, 1.54) is 0 Å². The molecule has 1 aromatic carbocycles. The van der Waals surface area contributed by atoms with Gasteiger partial charge in [0.05, 0.1) is 5.41 Å². The minimum Gasteiger partial charge on any atom is -0.426 e. The molecule has 3 heteroatoms. The standard InChI is InChI=1S/C10H9ClO2/c1-10(2)7-5-6(11)3-4-8(7)13-9(10)12/h3-5H,1-2H3. The first-order chi connectivity index (χ1) is 6.01. The first-order valence-electron chi connectivity index (χ1n) is 4.04. The van der Waals surface area contributed by atoms with Crippen molar-refractivity contribution in [2.75, 3.05) is 0 Å². The molecule has 1 aliphatic rings. The van der Waals surface area contributed by atoms with Gasteiger partial charge in [0, 0.05) is 10.6 Å². The summed E-state index contributed by atoms with van der Waals surface area (Å²) in [5.74, 6) is 0.407. The van der Waals surface area contributed by atoms with Crippen LogP contribution >= 0.6 is 11.6 Å². The first-order valence-corrected chi connectivity index (χ1v) is 4.42. The summed E-state index contributed by atoms with van der Waals surface area (Å²) in [6, 6.07) is 5.22. The molecule has 0 fully saturated rings. The number of carbonyl (C=O) groups is 1. The molecule has 0 amide bonds. The van der Waals surface area contributed by atoms with Crippen molar-refractivity contribution in [3.05, 3.63) is 28.8 Å². The molecule has 13 heavy (non-hydrogen) atoms. The SMILES string of the molecule is CC1(C)C(=O)Oc2ccc(Cl)cc21. The fourth-order valence-electron chi connectivity index (χ4n) is 1.42.